The molecule has 0 bridgehead atoms. The monoisotopic (exact) mass is 339 g/mol. The van der Waals surface area contributed by atoms with E-state index >= 15 is 0 Å². The smallest absolute Gasteiger partial charge is 0.248 e. The lowest BCUT2D eigenvalue weighted by atomic mass is 9.85. The third kappa shape index (κ3) is 2.79. The number of Topliss-reactive ketones (excluding diaryl/α,β-unsaturated/α-hetero) is 1. The van der Waals surface area contributed by atoms with Crippen LogP contribution >= 0.6 is 0 Å². The Balaban J connectivity index is 1.80. The molecular formula is C18H21N5O2. The van der Waals surface area contributed by atoms with E-state index in [2.05, 4.69) is 27.8 Å². The number of ketones is 1. The lowest BCUT2D eigenvalue weighted by Gasteiger charge is -2.32. The van der Waals surface area contributed by atoms with E-state index in [9.17, 15) is 4.79 Å². The third-order valence-corrected chi connectivity index (χ3v) is 4.70. The molecule has 2 aliphatic rings. The maximum Gasteiger partial charge on any atom is 0.248 e. The van der Waals surface area contributed by atoms with Gasteiger partial charge in [-0.1, -0.05) is 36.6 Å². The molecule has 0 radical (unpaired) electrons. The molecule has 1 N–H and O–H groups in total. The molecule has 4 rings (SSSR count). The summed E-state index contributed by atoms with van der Waals surface area (Å²) in [4.78, 5) is 12.7. The van der Waals surface area contributed by atoms with Crippen LogP contribution in [0.4, 0.5) is 5.95 Å². The fourth-order valence-electron chi connectivity index (χ4n) is 3.47. The average molecular weight is 339 g/mol. The number of hydrogen-bond acceptors (Lipinski definition) is 6. The van der Waals surface area contributed by atoms with Gasteiger partial charge < -0.3 is 10.1 Å². The second-order valence-corrected chi connectivity index (χ2v) is 6.38. The van der Waals surface area contributed by atoms with E-state index in [1.807, 2.05) is 24.3 Å². The molecule has 25 heavy (non-hydrogen) atoms. The van der Waals surface area contributed by atoms with E-state index in [4.69, 9.17) is 4.74 Å². The molecule has 1 aliphatic carbocycles. The number of para-hydroxylation sites is 1. The fourth-order valence-corrected chi connectivity index (χ4v) is 3.47. The van der Waals surface area contributed by atoms with Crippen LogP contribution in [0.25, 0.3) is 0 Å². The van der Waals surface area contributed by atoms with E-state index in [1.54, 1.807) is 4.68 Å². The minimum Gasteiger partial charge on any atom is -0.493 e. The summed E-state index contributed by atoms with van der Waals surface area (Å²) in [6, 6.07) is 7.51. The number of benzene rings is 1. The van der Waals surface area contributed by atoms with Crippen LogP contribution in [0.2, 0.25) is 0 Å². The highest BCUT2D eigenvalue weighted by atomic mass is 16.5. The van der Waals surface area contributed by atoms with Gasteiger partial charge in [-0.15, -0.1) is 0 Å². The summed E-state index contributed by atoms with van der Waals surface area (Å²) < 4.78 is 7.69. The molecule has 1 aromatic heterocycles. The van der Waals surface area contributed by atoms with Crippen molar-refractivity contribution in [3.05, 3.63) is 41.1 Å². The van der Waals surface area contributed by atoms with Gasteiger partial charge in [0, 0.05) is 23.3 Å². The first-order chi connectivity index (χ1) is 12.3. The maximum atomic E-state index is 12.7. The van der Waals surface area contributed by atoms with Crippen molar-refractivity contribution in [3.63, 3.8) is 0 Å². The number of rotatable bonds is 5. The molecule has 0 saturated heterocycles. The van der Waals surface area contributed by atoms with Gasteiger partial charge in [0.2, 0.25) is 5.95 Å². The summed E-state index contributed by atoms with van der Waals surface area (Å²) >= 11 is 0. The number of nitrogens with zero attached hydrogens (tertiary/aromatic N) is 4. The summed E-state index contributed by atoms with van der Waals surface area (Å²) in [6.07, 6.45) is 4.31. The molecule has 0 spiro atoms. The van der Waals surface area contributed by atoms with Crippen molar-refractivity contribution in [2.24, 2.45) is 0 Å². The van der Waals surface area contributed by atoms with Crippen LogP contribution in [0.15, 0.2) is 35.5 Å². The lowest BCUT2D eigenvalue weighted by Crippen LogP contribution is -2.31. The lowest BCUT2D eigenvalue weighted by molar-refractivity contribution is -0.116. The van der Waals surface area contributed by atoms with Crippen LogP contribution in [0, 0.1) is 0 Å². The van der Waals surface area contributed by atoms with Gasteiger partial charge in [-0.3, -0.25) is 4.79 Å². The predicted octanol–water partition coefficient (Wildman–Crippen LogP) is 2.87. The first-order valence-electron chi connectivity index (χ1n) is 8.82. The third-order valence-electron chi connectivity index (χ3n) is 4.70. The van der Waals surface area contributed by atoms with Gasteiger partial charge in [-0.05, 0) is 35.8 Å². The zero-order valence-electron chi connectivity index (χ0n) is 14.2. The van der Waals surface area contributed by atoms with Crippen molar-refractivity contribution in [1.82, 2.24) is 20.2 Å². The zero-order chi connectivity index (χ0) is 17.2. The summed E-state index contributed by atoms with van der Waals surface area (Å²) in [5.74, 6) is 1.51. The first-order valence-corrected chi connectivity index (χ1v) is 8.82. The number of unbranched alkanes of at least 4 members (excludes halogenated alkanes) is 1. The molecule has 0 amide bonds. The average Bonchev–Trinajstić information content (AvgIpc) is 3.09. The molecule has 1 aromatic carbocycles. The molecule has 0 fully saturated rings. The topological polar surface area (TPSA) is 81.9 Å². The normalized spacial score (nSPS) is 19.2. The SMILES string of the molecule is CCCCOc1ccccc1C1C2=C(CCCC2=O)Nc2nnnn21. The van der Waals surface area contributed by atoms with Crippen molar-refractivity contribution in [1.29, 1.82) is 0 Å². The Morgan fingerprint density at radius 3 is 3.08 bits per heavy atom. The standard InChI is InChI=1S/C18H21N5O2/c1-2-3-11-25-15-10-5-4-7-12(15)17-16-13(8-6-9-14(16)24)19-18-20-21-22-23(17)18/h4-5,7,10,17H,2-3,6,8-9,11H2,1H3,(H,19,20,22). The Morgan fingerprint density at radius 2 is 2.20 bits per heavy atom. The first kappa shape index (κ1) is 15.8. The number of carbonyl (C=O) groups is 1. The number of tetrazole rings is 1. The highest BCUT2D eigenvalue weighted by Gasteiger charge is 2.37. The number of hydrogen-bond donors (Lipinski definition) is 1. The zero-order valence-corrected chi connectivity index (χ0v) is 14.2. The molecule has 0 saturated carbocycles. The Hall–Kier alpha value is -2.70. The van der Waals surface area contributed by atoms with Crippen LogP contribution in [-0.2, 0) is 4.79 Å². The number of carbonyl (C=O) groups excluding carboxylic acids is 1. The van der Waals surface area contributed by atoms with Crippen LogP contribution < -0.4 is 10.1 Å². The van der Waals surface area contributed by atoms with E-state index < -0.39 is 0 Å². The number of fused-ring (bicyclic) bond motifs is 1. The molecule has 1 unspecified atom stereocenters. The minimum atomic E-state index is -0.341. The second-order valence-electron chi connectivity index (χ2n) is 6.38. The van der Waals surface area contributed by atoms with E-state index in [1.165, 1.54) is 0 Å². The largest absolute Gasteiger partial charge is 0.493 e. The Morgan fingerprint density at radius 1 is 1.32 bits per heavy atom. The van der Waals surface area contributed by atoms with Gasteiger partial charge in [0.25, 0.3) is 0 Å². The van der Waals surface area contributed by atoms with Gasteiger partial charge in [-0.2, -0.15) is 4.68 Å². The van der Waals surface area contributed by atoms with Crippen molar-refractivity contribution < 1.29 is 9.53 Å². The fraction of sp³-hybridized carbons (Fsp3) is 0.444. The van der Waals surface area contributed by atoms with Crippen LogP contribution in [-0.4, -0.2) is 32.6 Å². The summed E-state index contributed by atoms with van der Waals surface area (Å²) in [6.45, 7) is 2.79. The van der Waals surface area contributed by atoms with Gasteiger partial charge in [-0.25, -0.2) is 0 Å². The van der Waals surface area contributed by atoms with Crippen molar-refractivity contribution in [2.75, 3.05) is 11.9 Å². The Labute approximate surface area is 146 Å². The highest BCUT2D eigenvalue weighted by Crippen LogP contribution is 2.42. The molecule has 2 heterocycles. The molecule has 1 atom stereocenters. The maximum absolute atomic E-state index is 12.7. The predicted molar refractivity (Wildman–Crippen MR) is 92.3 cm³/mol. The van der Waals surface area contributed by atoms with E-state index in [0.717, 1.165) is 48.3 Å². The van der Waals surface area contributed by atoms with Gasteiger partial charge in [0.1, 0.15) is 11.8 Å². The van der Waals surface area contributed by atoms with E-state index in [-0.39, 0.29) is 11.8 Å². The van der Waals surface area contributed by atoms with Crippen molar-refractivity contribution in [3.8, 4) is 5.75 Å². The highest BCUT2D eigenvalue weighted by molar-refractivity contribution is 5.99. The van der Waals surface area contributed by atoms with Crippen molar-refractivity contribution >= 4 is 11.7 Å². The van der Waals surface area contributed by atoms with Crippen molar-refractivity contribution in [2.45, 2.75) is 45.1 Å². The number of nitrogens with one attached hydrogen (secondary N) is 1. The molecule has 7 heteroatoms. The molecule has 130 valence electrons. The number of ether oxygens (including phenoxy) is 1. The number of anilines is 1. The number of allylic oxidation sites excluding steroid dienone is 2. The Bertz CT molecular complexity index is 826. The van der Waals surface area contributed by atoms with Gasteiger partial charge in [0.05, 0.1) is 6.61 Å². The molecular weight excluding hydrogens is 318 g/mol. The van der Waals surface area contributed by atoms with Crippen LogP contribution in [0.5, 0.6) is 5.75 Å². The number of aromatic nitrogens is 4. The van der Waals surface area contributed by atoms with E-state index in [0.29, 0.717) is 19.0 Å². The van der Waals surface area contributed by atoms with Gasteiger partial charge in [0.15, 0.2) is 5.78 Å². The summed E-state index contributed by atoms with van der Waals surface area (Å²) in [7, 11) is 0. The quantitative estimate of drug-likeness (QED) is 0.844. The molecule has 7 nitrogen and oxygen atoms in total. The van der Waals surface area contributed by atoms with Crippen LogP contribution in [0.3, 0.4) is 0 Å². The molecule has 2 aromatic rings. The second kappa shape index (κ2) is 6.66. The van der Waals surface area contributed by atoms with Gasteiger partial charge >= 0.3 is 0 Å². The van der Waals surface area contributed by atoms with Crippen LogP contribution in [0.1, 0.15) is 50.6 Å². The summed E-state index contributed by atoms with van der Waals surface area (Å²) in [5.41, 5.74) is 2.63. The Kier molecular flexibility index (Phi) is 4.21. The minimum absolute atomic E-state index is 0.156. The molecule has 1 aliphatic heterocycles. The summed E-state index contributed by atoms with van der Waals surface area (Å²) in [5, 5.41) is 15.2.